The summed E-state index contributed by atoms with van der Waals surface area (Å²) in [5.74, 6) is 0.870. The third-order valence-corrected chi connectivity index (χ3v) is 4.61. The lowest BCUT2D eigenvalue weighted by Crippen LogP contribution is -2.13. The molecule has 0 saturated carbocycles. The van der Waals surface area contributed by atoms with E-state index in [-0.39, 0.29) is 11.9 Å². The second-order valence-electron chi connectivity index (χ2n) is 7.17. The van der Waals surface area contributed by atoms with Crippen LogP contribution in [0.3, 0.4) is 0 Å². The van der Waals surface area contributed by atoms with Crippen LogP contribution < -0.4 is 5.32 Å². The first-order valence-electron chi connectivity index (χ1n) is 9.45. The molecule has 0 fully saturated rings. The third-order valence-electron chi connectivity index (χ3n) is 4.61. The Labute approximate surface area is 168 Å². The van der Waals surface area contributed by atoms with E-state index in [0.717, 1.165) is 11.3 Å². The number of benzene rings is 1. The number of hydrogen-bond donors (Lipinski definition) is 2. The molecule has 0 aliphatic carbocycles. The number of H-pyrrole nitrogens is 1. The number of aromatic amines is 1. The molecule has 0 atom stereocenters. The van der Waals surface area contributed by atoms with Crippen LogP contribution in [-0.2, 0) is 0 Å². The van der Waals surface area contributed by atoms with Crippen LogP contribution in [0.15, 0.2) is 60.9 Å². The summed E-state index contributed by atoms with van der Waals surface area (Å²) in [5, 5.41) is 11.0. The second-order valence-corrected chi connectivity index (χ2v) is 7.17. The molecule has 0 unspecified atom stereocenters. The first kappa shape index (κ1) is 18.6. The Hall–Kier alpha value is -3.74. The van der Waals surface area contributed by atoms with Gasteiger partial charge in [0.25, 0.3) is 5.91 Å². The van der Waals surface area contributed by atoms with Crippen LogP contribution in [0, 0.1) is 6.92 Å². The van der Waals surface area contributed by atoms with Crippen molar-refractivity contribution in [2.75, 3.05) is 5.32 Å². The number of nitrogens with one attached hydrogen (secondary N) is 2. The molecular formula is C22H22N6O. The highest BCUT2D eigenvalue weighted by atomic mass is 16.1. The summed E-state index contributed by atoms with van der Waals surface area (Å²) in [6.45, 7) is 6.14. The summed E-state index contributed by atoms with van der Waals surface area (Å²) in [5.41, 5.74) is 4.22. The van der Waals surface area contributed by atoms with E-state index in [1.165, 1.54) is 5.56 Å². The molecule has 29 heavy (non-hydrogen) atoms. The van der Waals surface area contributed by atoms with Gasteiger partial charge in [-0.15, -0.1) is 10.2 Å². The molecule has 7 heteroatoms. The smallest absolute Gasteiger partial charge is 0.273 e. The van der Waals surface area contributed by atoms with Gasteiger partial charge in [-0.25, -0.2) is 4.98 Å². The molecule has 0 spiro atoms. The predicted octanol–water partition coefficient (Wildman–Crippen LogP) is 4.48. The largest absolute Gasteiger partial charge is 0.351 e. The molecule has 0 radical (unpaired) electrons. The Bertz CT molecular complexity index is 1160. The van der Waals surface area contributed by atoms with Crippen LogP contribution in [0.4, 0.5) is 5.82 Å². The zero-order valence-corrected chi connectivity index (χ0v) is 16.5. The predicted molar refractivity (Wildman–Crippen MR) is 113 cm³/mol. The Morgan fingerprint density at radius 3 is 2.72 bits per heavy atom. The van der Waals surface area contributed by atoms with E-state index in [9.17, 15) is 4.79 Å². The lowest BCUT2D eigenvalue weighted by Gasteiger charge is -2.10. The zero-order valence-electron chi connectivity index (χ0n) is 16.5. The van der Waals surface area contributed by atoms with E-state index in [1.54, 1.807) is 18.5 Å². The van der Waals surface area contributed by atoms with Gasteiger partial charge in [0.1, 0.15) is 23.5 Å². The Balaban J connectivity index is 1.54. The van der Waals surface area contributed by atoms with E-state index >= 15 is 0 Å². The molecule has 0 aliphatic rings. The van der Waals surface area contributed by atoms with Crippen molar-refractivity contribution in [2.24, 2.45) is 0 Å². The monoisotopic (exact) mass is 386 g/mol. The van der Waals surface area contributed by atoms with Gasteiger partial charge in [0.15, 0.2) is 5.82 Å². The molecular weight excluding hydrogens is 364 g/mol. The Kier molecular flexibility index (Phi) is 4.95. The molecule has 0 aliphatic heterocycles. The SMILES string of the molecule is Cc1cccc(-c2ccc(C(=O)Nc3cccc(-c4nncn4C(C)C)n3)[nH]2)c1. The minimum atomic E-state index is -0.251. The van der Waals surface area contributed by atoms with Gasteiger partial charge < -0.3 is 14.9 Å². The standard InChI is InChI=1S/C22H22N6O/c1-14(2)28-13-23-27-21(28)18-8-5-9-20(25-18)26-22(29)19-11-10-17(24-19)16-7-4-6-15(3)12-16/h4-14,24H,1-3H3,(H,25,26,29). The van der Waals surface area contributed by atoms with Crippen molar-refractivity contribution < 1.29 is 4.79 Å². The average molecular weight is 386 g/mol. The number of aromatic nitrogens is 5. The van der Waals surface area contributed by atoms with Crippen molar-refractivity contribution in [2.45, 2.75) is 26.8 Å². The van der Waals surface area contributed by atoms with Crippen molar-refractivity contribution in [1.82, 2.24) is 24.7 Å². The minimum Gasteiger partial charge on any atom is -0.351 e. The molecule has 0 saturated heterocycles. The van der Waals surface area contributed by atoms with Gasteiger partial charge in [-0.2, -0.15) is 0 Å². The van der Waals surface area contributed by atoms with Crippen molar-refractivity contribution in [3.8, 4) is 22.8 Å². The van der Waals surface area contributed by atoms with Gasteiger partial charge in [0, 0.05) is 11.7 Å². The van der Waals surface area contributed by atoms with Crippen LogP contribution >= 0.6 is 0 Å². The van der Waals surface area contributed by atoms with Gasteiger partial charge in [-0.05, 0) is 56.7 Å². The summed E-state index contributed by atoms with van der Waals surface area (Å²) >= 11 is 0. The van der Waals surface area contributed by atoms with Crippen LogP contribution in [-0.4, -0.2) is 30.6 Å². The van der Waals surface area contributed by atoms with E-state index in [0.29, 0.717) is 23.0 Å². The van der Waals surface area contributed by atoms with Gasteiger partial charge in [0.2, 0.25) is 0 Å². The molecule has 1 amide bonds. The molecule has 4 aromatic rings. The first-order valence-corrected chi connectivity index (χ1v) is 9.45. The van der Waals surface area contributed by atoms with Gasteiger partial charge in [0.05, 0.1) is 0 Å². The summed E-state index contributed by atoms with van der Waals surface area (Å²) in [4.78, 5) is 20.4. The Morgan fingerprint density at radius 2 is 1.93 bits per heavy atom. The number of aryl methyl sites for hydroxylation is 1. The molecule has 3 aromatic heterocycles. The number of nitrogens with zero attached hydrogens (tertiary/aromatic N) is 4. The topological polar surface area (TPSA) is 88.5 Å². The number of rotatable bonds is 5. The zero-order chi connectivity index (χ0) is 20.4. The lowest BCUT2D eigenvalue weighted by atomic mass is 10.1. The lowest BCUT2D eigenvalue weighted by molar-refractivity contribution is 0.102. The minimum absolute atomic E-state index is 0.207. The van der Waals surface area contributed by atoms with Gasteiger partial charge in [-0.1, -0.05) is 29.8 Å². The van der Waals surface area contributed by atoms with E-state index in [1.807, 2.05) is 47.9 Å². The maximum atomic E-state index is 12.7. The molecule has 7 nitrogen and oxygen atoms in total. The fourth-order valence-corrected chi connectivity index (χ4v) is 3.12. The normalized spacial score (nSPS) is 11.0. The fraction of sp³-hybridized carbons (Fsp3) is 0.182. The number of amides is 1. The summed E-state index contributed by atoms with van der Waals surface area (Å²) in [6, 6.07) is 17.4. The van der Waals surface area contributed by atoms with Crippen molar-refractivity contribution in [3.63, 3.8) is 0 Å². The van der Waals surface area contributed by atoms with Crippen LogP contribution in [0.1, 0.15) is 35.9 Å². The number of anilines is 1. The van der Waals surface area contributed by atoms with E-state index < -0.39 is 0 Å². The fourth-order valence-electron chi connectivity index (χ4n) is 3.12. The molecule has 146 valence electrons. The van der Waals surface area contributed by atoms with Crippen LogP contribution in [0.25, 0.3) is 22.8 Å². The Morgan fingerprint density at radius 1 is 1.10 bits per heavy atom. The summed E-state index contributed by atoms with van der Waals surface area (Å²) < 4.78 is 1.94. The number of hydrogen-bond acceptors (Lipinski definition) is 4. The first-order chi connectivity index (χ1) is 14.0. The highest BCUT2D eigenvalue weighted by molar-refractivity contribution is 6.03. The van der Waals surface area contributed by atoms with Crippen molar-refractivity contribution in [3.05, 3.63) is 72.2 Å². The number of pyridine rings is 1. The van der Waals surface area contributed by atoms with Crippen LogP contribution in [0.2, 0.25) is 0 Å². The second kappa shape index (κ2) is 7.71. The van der Waals surface area contributed by atoms with Gasteiger partial charge >= 0.3 is 0 Å². The van der Waals surface area contributed by atoms with E-state index in [4.69, 9.17) is 0 Å². The molecule has 1 aromatic carbocycles. The summed E-state index contributed by atoms with van der Waals surface area (Å²) in [6.07, 6.45) is 1.68. The molecule has 4 rings (SSSR count). The molecule has 3 heterocycles. The molecule has 2 N–H and O–H groups in total. The highest BCUT2D eigenvalue weighted by Gasteiger charge is 2.14. The quantitative estimate of drug-likeness (QED) is 0.529. The maximum Gasteiger partial charge on any atom is 0.273 e. The maximum absolute atomic E-state index is 12.7. The summed E-state index contributed by atoms with van der Waals surface area (Å²) in [7, 11) is 0. The average Bonchev–Trinajstić information content (AvgIpc) is 3.38. The van der Waals surface area contributed by atoms with Crippen LogP contribution in [0.5, 0.6) is 0 Å². The number of carbonyl (C=O) groups excluding carboxylic acids is 1. The molecule has 0 bridgehead atoms. The van der Waals surface area contributed by atoms with Crippen molar-refractivity contribution >= 4 is 11.7 Å². The number of carbonyl (C=O) groups is 1. The van der Waals surface area contributed by atoms with Crippen molar-refractivity contribution in [1.29, 1.82) is 0 Å². The highest BCUT2D eigenvalue weighted by Crippen LogP contribution is 2.22. The van der Waals surface area contributed by atoms with E-state index in [2.05, 4.69) is 45.4 Å². The third kappa shape index (κ3) is 3.94. The van der Waals surface area contributed by atoms with Gasteiger partial charge in [-0.3, -0.25) is 4.79 Å².